The SMILES string of the molecule is CCC(C)Oc1ncnc2[nH]cc(C=CC(=O)N(C)C)c12. The van der Waals surface area contributed by atoms with Gasteiger partial charge in [0.15, 0.2) is 0 Å². The molecule has 0 fully saturated rings. The van der Waals surface area contributed by atoms with Gasteiger partial charge in [-0.1, -0.05) is 6.92 Å². The van der Waals surface area contributed by atoms with Gasteiger partial charge in [0.2, 0.25) is 11.8 Å². The van der Waals surface area contributed by atoms with E-state index in [1.807, 2.05) is 6.92 Å². The number of fused-ring (bicyclic) bond motifs is 1. The van der Waals surface area contributed by atoms with Gasteiger partial charge < -0.3 is 14.6 Å². The molecule has 1 amide bonds. The molecule has 6 heteroatoms. The lowest BCUT2D eigenvalue weighted by Crippen LogP contribution is -2.18. The normalized spacial score (nSPS) is 12.8. The molecule has 0 aliphatic carbocycles. The van der Waals surface area contributed by atoms with Crippen LogP contribution in [0.15, 0.2) is 18.6 Å². The second-order valence-electron chi connectivity index (χ2n) is 5.05. The maximum absolute atomic E-state index is 11.6. The van der Waals surface area contributed by atoms with E-state index in [1.165, 1.54) is 17.3 Å². The van der Waals surface area contributed by atoms with Crippen molar-refractivity contribution >= 4 is 23.0 Å². The van der Waals surface area contributed by atoms with Crippen LogP contribution < -0.4 is 4.74 Å². The number of carbonyl (C=O) groups excluding carboxylic acids is 1. The van der Waals surface area contributed by atoms with E-state index >= 15 is 0 Å². The standard InChI is InChI=1S/C15H20N4O2/c1-5-10(2)21-15-13-11(6-7-12(20)19(3)4)8-16-14(13)17-9-18-15/h6-10H,5H2,1-4H3,(H,16,17,18). The molecule has 2 rings (SSSR count). The van der Waals surface area contributed by atoms with E-state index in [0.717, 1.165) is 17.4 Å². The Hall–Kier alpha value is -2.37. The van der Waals surface area contributed by atoms with Crippen molar-refractivity contribution in [2.75, 3.05) is 14.1 Å². The molecule has 0 spiro atoms. The van der Waals surface area contributed by atoms with Gasteiger partial charge in [-0.05, 0) is 19.4 Å². The highest BCUT2D eigenvalue weighted by Crippen LogP contribution is 2.27. The van der Waals surface area contributed by atoms with Gasteiger partial charge in [0.1, 0.15) is 12.0 Å². The van der Waals surface area contributed by atoms with E-state index in [2.05, 4.69) is 21.9 Å². The van der Waals surface area contributed by atoms with Gasteiger partial charge in [-0.15, -0.1) is 0 Å². The fraction of sp³-hybridized carbons (Fsp3) is 0.400. The number of ether oxygens (including phenoxy) is 1. The predicted octanol–water partition coefficient (Wildman–Crippen LogP) is 2.24. The summed E-state index contributed by atoms with van der Waals surface area (Å²) in [5, 5.41) is 0.792. The quantitative estimate of drug-likeness (QED) is 0.856. The van der Waals surface area contributed by atoms with Crippen molar-refractivity contribution in [3.05, 3.63) is 24.2 Å². The number of hydrogen-bond acceptors (Lipinski definition) is 4. The van der Waals surface area contributed by atoms with E-state index in [9.17, 15) is 4.79 Å². The summed E-state index contributed by atoms with van der Waals surface area (Å²) >= 11 is 0. The zero-order valence-corrected chi connectivity index (χ0v) is 12.8. The molecule has 0 saturated carbocycles. The highest BCUT2D eigenvalue weighted by Gasteiger charge is 2.13. The zero-order valence-electron chi connectivity index (χ0n) is 12.8. The Balaban J connectivity index is 2.39. The van der Waals surface area contributed by atoms with Crippen LogP contribution in [0.2, 0.25) is 0 Å². The first-order valence-corrected chi connectivity index (χ1v) is 6.91. The molecule has 6 nitrogen and oxygen atoms in total. The van der Waals surface area contributed by atoms with Gasteiger partial charge in [0.25, 0.3) is 0 Å². The van der Waals surface area contributed by atoms with Crippen LogP contribution in [0, 0.1) is 0 Å². The smallest absolute Gasteiger partial charge is 0.246 e. The van der Waals surface area contributed by atoms with Crippen LogP contribution in [0.3, 0.4) is 0 Å². The summed E-state index contributed by atoms with van der Waals surface area (Å²) in [6.07, 6.45) is 7.48. The number of nitrogens with zero attached hydrogens (tertiary/aromatic N) is 3. The fourth-order valence-electron chi connectivity index (χ4n) is 1.76. The maximum atomic E-state index is 11.6. The molecule has 21 heavy (non-hydrogen) atoms. The third kappa shape index (κ3) is 3.39. The third-order valence-corrected chi connectivity index (χ3v) is 3.20. The molecule has 1 N–H and O–H groups in total. The molecule has 2 aromatic rings. The molecule has 0 bridgehead atoms. The Bertz CT molecular complexity index is 661. The number of hydrogen-bond donors (Lipinski definition) is 1. The first-order valence-electron chi connectivity index (χ1n) is 6.91. The first-order chi connectivity index (χ1) is 10.0. The Kier molecular flexibility index (Phi) is 4.57. The van der Waals surface area contributed by atoms with Gasteiger partial charge >= 0.3 is 0 Å². The summed E-state index contributed by atoms with van der Waals surface area (Å²) in [7, 11) is 3.42. The lowest BCUT2D eigenvalue weighted by atomic mass is 10.2. The van der Waals surface area contributed by atoms with Gasteiger partial charge in [0, 0.05) is 31.9 Å². The summed E-state index contributed by atoms with van der Waals surface area (Å²) < 4.78 is 5.83. The van der Waals surface area contributed by atoms with Crippen LogP contribution in [0.1, 0.15) is 25.8 Å². The number of aromatic nitrogens is 3. The van der Waals surface area contributed by atoms with Crippen LogP contribution in [0.5, 0.6) is 5.88 Å². The minimum absolute atomic E-state index is 0.0678. The predicted molar refractivity (Wildman–Crippen MR) is 82.0 cm³/mol. The largest absolute Gasteiger partial charge is 0.474 e. The van der Waals surface area contributed by atoms with Crippen molar-refractivity contribution in [3.8, 4) is 5.88 Å². The van der Waals surface area contributed by atoms with E-state index in [-0.39, 0.29) is 12.0 Å². The topological polar surface area (TPSA) is 71.1 Å². The Morgan fingerprint density at radius 3 is 2.90 bits per heavy atom. The molecule has 112 valence electrons. The number of H-pyrrole nitrogens is 1. The average Bonchev–Trinajstić information content (AvgIpc) is 2.88. The zero-order chi connectivity index (χ0) is 15.4. The highest BCUT2D eigenvalue weighted by molar-refractivity contribution is 5.96. The minimum atomic E-state index is -0.0782. The van der Waals surface area contributed by atoms with Crippen LogP contribution in [-0.4, -0.2) is 46.0 Å². The molecule has 0 aliphatic rings. The van der Waals surface area contributed by atoms with Crippen LogP contribution in [-0.2, 0) is 4.79 Å². The van der Waals surface area contributed by atoms with Gasteiger partial charge in [0.05, 0.1) is 11.5 Å². The third-order valence-electron chi connectivity index (χ3n) is 3.20. The molecule has 0 radical (unpaired) electrons. The second kappa shape index (κ2) is 6.39. The van der Waals surface area contributed by atoms with E-state index in [1.54, 1.807) is 26.4 Å². The molecule has 1 atom stereocenters. The Labute approximate surface area is 123 Å². The minimum Gasteiger partial charge on any atom is -0.474 e. The highest BCUT2D eigenvalue weighted by atomic mass is 16.5. The summed E-state index contributed by atoms with van der Waals surface area (Å²) in [5.74, 6) is 0.457. The summed E-state index contributed by atoms with van der Waals surface area (Å²) in [5.41, 5.74) is 1.53. The van der Waals surface area contributed by atoms with E-state index in [0.29, 0.717) is 11.5 Å². The monoisotopic (exact) mass is 288 g/mol. The molecular formula is C15H20N4O2. The fourth-order valence-corrected chi connectivity index (χ4v) is 1.76. The first kappa shape index (κ1) is 15.0. The number of amides is 1. The van der Waals surface area contributed by atoms with Crippen molar-refractivity contribution in [2.45, 2.75) is 26.4 Å². The van der Waals surface area contributed by atoms with Crippen molar-refractivity contribution in [1.82, 2.24) is 19.9 Å². The van der Waals surface area contributed by atoms with Crippen LogP contribution in [0.25, 0.3) is 17.1 Å². The number of likely N-dealkylation sites (N-methyl/N-ethyl adjacent to an activating group) is 1. The van der Waals surface area contributed by atoms with Crippen molar-refractivity contribution in [3.63, 3.8) is 0 Å². The van der Waals surface area contributed by atoms with Gasteiger partial charge in [-0.2, -0.15) is 0 Å². The second-order valence-corrected chi connectivity index (χ2v) is 5.05. The maximum Gasteiger partial charge on any atom is 0.246 e. The van der Waals surface area contributed by atoms with Crippen LogP contribution in [0.4, 0.5) is 0 Å². The van der Waals surface area contributed by atoms with E-state index < -0.39 is 0 Å². The van der Waals surface area contributed by atoms with Gasteiger partial charge in [-0.25, -0.2) is 9.97 Å². The summed E-state index contributed by atoms with van der Waals surface area (Å²) in [6, 6.07) is 0. The van der Waals surface area contributed by atoms with Crippen LogP contribution >= 0.6 is 0 Å². The number of rotatable bonds is 5. The Morgan fingerprint density at radius 2 is 2.24 bits per heavy atom. The molecule has 0 aromatic carbocycles. The summed E-state index contributed by atoms with van der Waals surface area (Å²) in [4.78, 5) is 24.6. The average molecular weight is 288 g/mol. The molecule has 2 heterocycles. The molecule has 0 saturated heterocycles. The summed E-state index contributed by atoms with van der Waals surface area (Å²) in [6.45, 7) is 4.04. The number of nitrogens with one attached hydrogen (secondary N) is 1. The van der Waals surface area contributed by atoms with E-state index in [4.69, 9.17) is 4.74 Å². The lowest BCUT2D eigenvalue weighted by Gasteiger charge is -2.12. The Morgan fingerprint density at radius 1 is 1.48 bits per heavy atom. The van der Waals surface area contributed by atoms with Crippen molar-refractivity contribution in [2.24, 2.45) is 0 Å². The molecule has 0 aliphatic heterocycles. The number of carbonyl (C=O) groups is 1. The van der Waals surface area contributed by atoms with Gasteiger partial charge in [-0.3, -0.25) is 4.79 Å². The van der Waals surface area contributed by atoms with Crippen molar-refractivity contribution in [1.29, 1.82) is 0 Å². The number of aromatic amines is 1. The molecular weight excluding hydrogens is 268 g/mol. The molecule has 2 aromatic heterocycles. The lowest BCUT2D eigenvalue weighted by molar-refractivity contribution is -0.123. The molecule has 1 unspecified atom stereocenters. The van der Waals surface area contributed by atoms with Crippen molar-refractivity contribution < 1.29 is 9.53 Å².